The Hall–Kier alpha value is -0.730. The molecule has 0 aromatic rings. The van der Waals surface area contributed by atoms with Crippen molar-refractivity contribution in [2.75, 3.05) is 0 Å². The van der Waals surface area contributed by atoms with Gasteiger partial charge in [-0.15, -0.1) is 0 Å². The van der Waals surface area contributed by atoms with E-state index in [1.807, 2.05) is 13.8 Å². The normalized spacial score (nSPS) is 31.4. The lowest BCUT2D eigenvalue weighted by Crippen LogP contribution is -2.40. The van der Waals surface area contributed by atoms with Crippen LogP contribution in [0.5, 0.6) is 0 Å². The molecule has 88 valence electrons. The van der Waals surface area contributed by atoms with Crippen LogP contribution in [-0.4, -0.2) is 18.2 Å². The summed E-state index contributed by atoms with van der Waals surface area (Å²) in [6.45, 7) is 8.27. The predicted molar refractivity (Wildman–Crippen MR) is 60.7 cm³/mol. The van der Waals surface area contributed by atoms with Crippen molar-refractivity contribution in [2.24, 2.45) is 11.8 Å². The third kappa shape index (κ3) is 4.10. The first kappa shape index (κ1) is 12.3. The van der Waals surface area contributed by atoms with Gasteiger partial charge < -0.3 is 10.1 Å². The van der Waals surface area contributed by atoms with Crippen LogP contribution in [-0.2, 0) is 4.74 Å². The SMILES string of the molecule is CC(C)OC(=O)NC1CCC(C)C(C)C1. The summed E-state index contributed by atoms with van der Waals surface area (Å²) in [5, 5.41) is 2.94. The maximum absolute atomic E-state index is 11.4. The van der Waals surface area contributed by atoms with Crippen molar-refractivity contribution in [1.29, 1.82) is 0 Å². The largest absolute Gasteiger partial charge is 0.447 e. The van der Waals surface area contributed by atoms with E-state index in [2.05, 4.69) is 19.2 Å². The molecular weight excluding hydrogens is 190 g/mol. The molecular formula is C12H23NO2. The third-order valence-corrected chi connectivity index (χ3v) is 3.26. The monoisotopic (exact) mass is 213 g/mol. The van der Waals surface area contributed by atoms with E-state index in [1.165, 1.54) is 6.42 Å². The molecule has 3 atom stereocenters. The van der Waals surface area contributed by atoms with E-state index < -0.39 is 0 Å². The molecule has 0 radical (unpaired) electrons. The second kappa shape index (κ2) is 5.38. The summed E-state index contributed by atoms with van der Waals surface area (Å²) in [5.41, 5.74) is 0. The molecule has 3 unspecified atom stereocenters. The average molecular weight is 213 g/mol. The van der Waals surface area contributed by atoms with E-state index in [0.29, 0.717) is 12.0 Å². The van der Waals surface area contributed by atoms with Gasteiger partial charge in [0.25, 0.3) is 0 Å². The summed E-state index contributed by atoms with van der Waals surface area (Å²) >= 11 is 0. The van der Waals surface area contributed by atoms with E-state index >= 15 is 0 Å². The first-order valence-corrected chi connectivity index (χ1v) is 5.96. The van der Waals surface area contributed by atoms with Crippen molar-refractivity contribution in [3.63, 3.8) is 0 Å². The van der Waals surface area contributed by atoms with Gasteiger partial charge in [0.05, 0.1) is 6.10 Å². The highest BCUT2D eigenvalue weighted by molar-refractivity contribution is 5.67. The summed E-state index contributed by atoms with van der Waals surface area (Å²) in [5.74, 6) is 1.48. The highest BCUT2D eigenvalue weighted by Crippen LogP contribution is 2.29. The second-order valence-electron chi connectivity index (χ2n) is 5.06. The van der Waals surface area contributed by atoms with Crippen molar-refractivity contribution in [1.82, 2.24) is 5.32 Å². The summed E-state index contributed by atoms with van der Waals surface area (Å²) in [7, 11) is 0. The maximum atomic E-state index is 11.4. The van der Waals surface area contributed by atoms with Gasteiger partial charge in [-0.1, -0.05) is 13.8 Å². The number of carbonyl (C=O) groups is 1. The molecule has 0 saturated heterocycles. The second-order valence-corrected chi connectivity index (χ2v) is 5.06. The number of ether oxygens (including phenoxy) is 1. The lowest BCUT2D eigenvalue weighted by atomic mass is 9.79. The number of amides is 1. The fraction of sp³-hybridized carbons (Fsp3) is 0.917. The Morgan fingerprint density at radius 3 is 2.47 bits per heavy atom. The molecule has 3 heteroatoms. The Labute approximate surface area is 92.6 Å². The molecule has 15 heavy (non-hydrogen) atoms. The molecule has 0 heterocycles. The van der Waals surface area contributed by atoms with E-state index in [-0.39, 0.29) is 12.2 Å². The standard InChI is InChI=1S/C12H23NO2/c1-8(2)15-12(14)13-11-6-5-9(3)10(4)7-11/h8-11H,5-7H2,1-4H3,(H,13,14). The van der Waals surface area contributed by atoms with Gasteiger partial charge in [0.15, 0.2) is 0 Å². The Bertz CT molecular complexity index is 216. The van der Waals surface area contributed by atoms with Gasteiger partial charge in [-0.3, -0.25) is 0 Å². The van der Waals surface area contributed by atoms with E-state index in [4.69, 9.17) is 4.74 Å². The molecule has 0 bridgehead atoms. The van der Waals surface area contributed by atoms with Gasteiger partial charge in [0.1, 0.15) is 0 Å². The summed E-state index contributed by atoms with van der Waals surface area (Å²) in [6.07, 6.45) is 3.06. The molecule has 0 aromatic heterocycles. The van der Waals surface area contributed by atoms with Crippen LogP contribution in [0.1, 0.15) is 47.0 Å². The summed E-state index contributed by atoms with van der Waals surface area (Å²) < 4.78 is 5.06. The van der Waals surface area contributed by atoms with Crippen LogP contribution in [0.25, 0.3) is 0 Å². The molecule has 1 aliphatic carbocycles. The zero-order valence-corrected chi connectivity index (χ0v) is 10.2. The molecule has 1 N–H and O–H groups in total. The van der Waals surface area contributed by atoms with Crippen molar-refractivity contribution >= 4 is 6.09 Å². The van der Waals surface area contributed by atoms with Gasteiger partial charge in [-0.05, 0) is 44.9 Å². The highest BCUT2D eigenvalue weighted by atomic mass is 16.6. The Kier molecular flexibility index (Phi) is 4.43. The van der Waals surface area contributed by atoms with E-state index in [9.17, 15) is 4.79 Å². The molecule has 1 amide bonds. The van der Waals surface area contributed by atoms with Crippen LogP contribution in [0.3, 0.4) is 0 Å². The van der Waals surface area contributed by atoms with Crippen LogP contribution in [0.15, 0.2) is 0 Å². The van der Waals surface area contributed by atoms with Crippen molar-refractivity contribution in [3.8, 4) is 0 Å². The molecule has 3 nitrogen and oxygen atoms in total. The molecule has 1 fully saturated rings. The quantitative estimate of drug-likeness (QED) is 0.766. The summed E-state index contributed by atoms with van der Waals surface area (Å²) in [4.78, 5) is 11.4. The van der Waals surface area contributed by atoms with Gasteiger partial charge in [-0.25, -0.2) is 4.79 Å². The minimum atomic E-state index is -0.267. The van der Waals surface area contributed by atoms with Gasteiger partial charge >= 0.3 is 6.09 Å². The smallest absolute Gasteiger partial charge is 0.407 e. The Balaban J connectivity index is 2.30. The van der Waals surface area contributed by atoms with Crippen molar-refractivity contribution in [2.45, 2.75) is 59.1 Å². The zero-order chi connectivity index (χ0) is 11.4. The maximum Gasteiger partial charge on any atom is 0.407 e. The molecule has 1 aliphatic rings. The van der Waals surface area contributed by atoms with Crippen LogP contribution in [0.2, 0.25) is 0 Å². The molecule has 0 aromatic carbocycles. The van der Waals surface area contributed by atoms with Crippen LogP contribution >= 0.6 is 0 Å². The van der Waals surface area contributed by atoms with E-state index in [1.54, 1.807) is 0 Å². The topological polar surface area (TPSA) is 38.3 Å². The average Bonchev–Trinajstić information content (AvgIpc) is 2.10. The number of hydrogen-bond donors (Lipinski definition) is 1. The van der Waals surface area contributed by atoms with Crippen molar-refractivity contribution < 1.29 is 9.53 Å². The number of rotatable bonds is 2. The van der Waals surface area contributed by atoms with Gasteiger partial charge in [-0.2, -0.15) is 0 Å². The van der Waals surface area contributed by atoms with Gasteiger partial charge in [0, 0.05) is 6.04 Å². The molecule has 1 rings (SSSR count). The first-order valence-electron chi connectivity index (χ1n) is 5.96. The minimum absolute atomic E-state index is 0.0371. The lowest BCUT2D eigenvalue weighted by molar-refractivity contribution is 0.106. The number of carbonyl (C=O) groups excluding carboxylic acids is 1. The molecule has 0 spiro atoms. The molecule has 0 aliphatic heterocycles. The minimum Gasteiger partial charge on any atom is -0.447 e. The number of hydrogen-bond acceptors (Lipinski definition) is 2. The third-order valence-electron chi connectivity index (χ3n) is 3.26. The first-order chi connectivity index (χ1) is 6.99. The lowest BCUT2D eigenvalue weighted by Gasteiger charge is -2.32. The highest BCUT2D eigenvalue weighted by Gasteiger charge is 2.25. The number of nitrogens with one attached hydrogen (secondary N) is 1. The fourth-order valence-electron chi connectivity index (χ4n) is 2.09. The zero-order valence-electron chi connectivity index (χ0n) is 10.2. The molecule has 1 saturated carbocycles. The van der Waals surface area contributed by atoms with E-state index in [0.717, 1.165) is 18.8 Å². The Morgan fingerprint density at radius 2 is 1.93 bits per heavy atom. The van der Waals surface area contributed by atoms with Crippen molar-refractivity contribution in [3.05, 3.63) is 0 Å². The Morgan fingerprint density at radius 1 is 1.27 bits per heavy atom. The van der Waals surface area contributed by atoms with Crippen LogP contribution < -0.4 is 5.32 Å². The number of alkyl carbamates (subject to hydrolysis) is 1. The predicted octanol–water partition coefficient (Wildman–Crippen LogP) is 2.95. The fourth-order valence-corrected chi connectivity index (χ4v) is 2.09. The van der Waals surface area contributed by atoms with Gasteiger partial charge in [0.2, 0.25) is 0 Å². The van der Waals surface area contributed by atoms with Crippen LogP contribution in [0, 0.1) is 11.8 Å². The summed E-state index contributed by atoms with van der Waals surface area (Å²) in [6, 6.07) is 0.308. The van der Waals surface area contributed by atoms with Crippen LogP contribution in [0.4, 0.5) is 4.79 Å².